The monoisotopic (exact) mass is 343 g/mol. The minimum absolute atomic E-state index is 0.00172. The number of nitrogens with zero attached hydrogens (tertiary/aromatic N) is 2. The van der Waals surface area contributed by atoms with E-state index in [1.807, 2.05) is 37.3 Å². The predicted molar refractivity (Wildman–Crippen MR) is 97.0 cm³/mol. The molecule has 1 aromatic heterocycles. The van der Waals surface area contributed by atoms with Crippen molar-refractivity contribution in [2.24, 2.45) is 0 Å². The Morgan fingerprint density at radius 1 is 1.33 bits per heavy atom. The number of rotatable bonds is 8. The molecule has 5 nitrogen and oxygen atoms in total. The van der Waals surface area contributed by atoms with Crippen molar-refractivity contribution in [3.05, 3.63) is 59.6 Å². The zero-order valence-electron chi connectivity index (χ0n) is 13.7. The highest BCUT2D eigenvalue weighted by Crippen LogP contribution is 2.16. The molecule has 0 saturated heterocycles. The lowest BCUT2D eigenvalue weighted by atomic mass is 10.1. The first-order valence-electron chi connectivity index (χ1n) is 7.73. The molecule has 2 rings (SSSR count). The number of aromatic nitrogens is 1. The van der Waals surface area contributed by atoms with E-state index < -0.39 is 0 Å². The molecule has 0 atom stereocenters. The van der Waals surface area contributed by atoms with E-state index in [9.17, 15) is 9.59 Å². The summed E-state index contributed by atoms with van der Waals surface area (Å²) in [5, 5.41) is 3.27. The molecule has 1 heterocycles. The summed E-state index contributed by atoms with van der Waals surface area (Å²) in [7, 11) is 0. The van der Waals surface area contributed by atoms with Crippen LogP contribution in [-0.4, -0.2) is 34.8 Å². The molecule has 1 N–H and O–H groups in total. The fraction of sp³-hybridized carbons (Fsp3) is 0.278. The zero-order valence-corrected chi connectivity index (χ0v) is 14.5. The van der Waals surface area contributed by atoms with Gasteiger partial charge in [-0.3, -0.25) is 9.59 Å². The van der Waals surface area contributed by atoms with Gasteiger partial charge in [0.1, 0.15) is 6.54 Å². The van der Waals surface area contributed by atoms with E-state index in [0.717, 1.165) is 10.4 Å². The summed E-state index contributed by atoms with van der Waals surface area (Å²) in [5.74, 6) is -0.316. The van der Waals surface area contributed by atoms with Crippen molar-refractivity contribution in [1.29, 1.82) is 0 Å². The molecule has 0 aliphatic heterocycles. The smallest absolute Gasteiger partial charge is 0.245 e. The molecule has 2 amide bonds. The van der Waals surface area contributed by atoms with Crippen molar-refractivity contribution < 1.29 is 9.59 Å². The van der Waals surface area contributed by atoms with Gasteiger partial charge in [0.05, 0.1) is 0 Å². The number of anilines is 1. The first kappa shape index (κ1) is 17.9. The minimum Gasteiger partial charge on any atom is -0.330 e. The van der Waals surface area contributed by atoms with Gasteiger partial charge in [-0.05, 0) is 18.9 Å². The fourth-order valence-electron chi connectivity index (χ4n) is 2.21. The molecule has 24 heavy (non-hydrogen) atoms. The normalized spacial score (nSPS) is 10.2. The van der Waals surface area contributed by atoms with E-state index in [1.165, 1.54) is 16.2 Å². The maximum Gasteiger partial charge on any atom is 0.245 e. The molecule has 0 fully saturated rings. The molecule has 0 aliphatic rings. The highest BCUT2D eigenvalue weighted by atomic mass is 32.1. The Hall–Kier alpha value is -2.47. The molecule has 0 aliphatic carbocycles. The quantitative estimate of drug-likeness (QED) is 0.750. The number of carbonyl (C=O) groups excluding carboxylic acids is 2. The molecule has 0 radical (unpaired) electrons. The molecule has 0 unspecified atom stereocenters. The van der Waals surface area contributed by atoms with E-state index in [2.05, 4.69) is 16.9 Å². The average molecular weight is 343 g/mol. The summed E-state index contributed by atoms with van der Waals surface area (Å²) in [6.07, 6.45) is 4.34. The number of benzene rings is 1. The third-order valence-electron chi connectivity index (χ3n) is 3.37. The van der Waals surface area contributed by atoms with E-state index in [4.69, 9.17) is 0 Å². The Labute approximate surface area is 146 Å². The van der Waals surface area contributed by atoms with Gasteiger partial charge in [0.25, 0.3) is 0 Å². The van der Waals surface area contributed by atoms with Crippen LogP contribution in [0.2, 0.25) is 0 Å². The van der Waals surface area contributed by atoms with Crippen LogP contribution in [0.25, 0.3) is 0 Å². The highest BCUT2D eigenvalue weighted by Gasteiger charge is 2.16. The standard InChI is InChI=1S/C18H21N3O2S/c1-3-11-21(13-16(22)20-18-19-12-14(2)24-18)17(23)10-9-15-7-5-4-6-8-15/h3-8,12H,1,9-11,13H2,2H3,(H,19,20,22). The fourth-order valence-corrected chi connectivity index (χ4v) is 2.89. The summed E-state index contributed by atoms with van der Waals surface area (Å²) in [4.78, 5) is 31.1. The largest absolute Gasteiger partial charge is 0.330 e. The van der Waals surface area contributed by atoms with Crippen molar-refractivity contribution in [3.63, 3.8) is 0 Å². The van der Waals surface area contributed by atoms with Gasteiger partial charge < -0.3 is 10.2 Å². The summed E-state index contributed by atoms with van der Waals surface area (Å²) < 4.78 is 0. The maximum absolute atomic E-state index is 12.4. The molecular weight excluding hydrogens is 322 g/mol. The van der Waals surface area contributed by atoms with Gasteiger partial charge in [0.15, 0.2) is 5.13 Å². The minimum atomic E-state index is -0.251. The van der Waals surface area contributed by atoms with Gasteiger partial charge in [-0.25, -0.2) is 4.98 Å². The molecule has 6 heteroatoms. The number of hydrogen-bond donors (Lipinski definition) is 1. The average Bonchev–Trinajstić information content (AvgIpc) is 2.98. The Kier molecular flexibility index (Phi) is 6.69. The first-order valence-corrected chi connectivity index (χ1v) is 8.55. The Morgan fingerprint density at radius 3 is 2.71 bits per heavy atom. The lowest BCUT2D eigenvalue weighted by Crippen LogP contribution is -2.38. The summed E-state index contributed by atoms with van der Waals surface area (Å²) in [6.45, 7) is 5.92. The summed E-state index contributed by atoms with van der Waals surface area (Å²) >= 11 is 1.41. The van der Waals surface area contributed by atoms with E-state index in [0.29, 0.717) is 24.5 Å². The highest BCUT2D eigenvalue weighted by molar-refractivity contribution is 7.15. The van der Waals surface area contributed by atoms with Gasteiger partial charge in [0.2, 0.25) is 11.8 Å². The van der Waals surface area contributed by atoms with Crippen molar-refractivity contribution in [2.45, 2.75) is 19.8 Å². The van der Waals surface area contributed by atoms with Crippen LogP contribution in [0.4, 0.5) is 5.13 Å². The Morgan fingerprint density at radius 2 is 2.08 bits per heavy atom. The van der Waals surface area contributed by atoms with Crippen LogP contribution in [-0.2, 0) is 16.0 Å². The van der Waals surface area contributed by atoms with Crippen molar-refractivity contribution in [1.82, 2.24) is 9.88 Å². The van der Waals surface area contributed by atoms with Crippen LogP contribution in [0.3, 0.4) is 0 Å². The van der Waals surface area contributed by atoms with Crippen LogP contribution in [0.15, 0.2) is 49.2 Å². The van der Waals surface area contributed by atoms with Crippen LogP contribution < -0.4 is 5.32 Å². The number of nitrogens with one attached hydrogen (secondary N) is 1. The van der Waals surface area contributed by atoms with Crippen LogP contribution in [0.1, 0.15) is 16.9 Å². The van der Waals surface area contributed by atoms with E-state index in [1.54, 1.807) is 12.3 Å². The lowest BCUT2D eigenvalue weighted by molar-refractivity contribution is -0.134. The van der Waals surface area contributed by atoms with Crippen molar-refractivity contribution in [3.8, 4) is 0 Å². The second-order valence-corrected chi connectivity index (χ2v) is 6.61. The van der Waals surface area contributed by atoms with Gasteiger partial charge in [-0.15, -0.1) is 17.9 Å². The third-order valence-corrected chi connectivity index (χ3v) is 4.20. The molecule has 1 aromatic carbocycles. The molecular formula is C18H21N3O2S. The second kappa shape index (κ2) is 8.98. The van der Waals surface area contributed by atoms with Gasteiger partial charge in [-0.2, -0.15) is 0 Å². The predicted octanol–water partition coefficient (Wildman–Crippen LogP) is 3.04. The third kappa shape index (κ3) is 5.62. The topological polar surface area (TPSA) is 62.3 Å². The van der Waals surface area contributed by atoms with Crippen molar-refractivity contribution in [2.75, 3.05) is 18.4 Å². The lowest BCUT2D eigenvalue weighted by Gasteiger charge is -2.20. The van der Waals surface area contributed by atoms with Crippen LogP contribution >= 0.6 is 11.3 Å². The summed E-state index contributed by atoms with van der Waals surface area (Å²) in [6, 6.07) is 9.82. The Bertz CT molecular complexity index is 697. The van der Waals surface area contributed by atoms with Crippen LogP contribution in [0, 0.1) is 6.92 Å². The van der Waals surface area contributed by atoms with E-state index in [-0.39, 0.29) is 18.4 Å². The molecule has 0 saturated carbocycles. The second-order valence-electron chi connectivity index (χ2n) is 5.37. The molecule has 0 bridgehead atoms. The SMILES string of the molecule is C=CCN(CC(=O)Nc1ncc(C)s1)C(=O)CCc1ccccc1. The molecule has 126 valence electrons. The van der Waals surface area contributed by atoms with Crippen LogP contribution in [0.5, 0.6) is 0 Å². The van der Waals surface area contributed by atoms with Crippen molar-refractivity contribution >= 4 is 28.3 Å². The number of thiazole rings is 1. The number of carbonyl (C=O) groups is 2. The Balaban J connectivity index is 1.88. The number of amides is 2. The number of hydrogen-bond acceptors (Lipinski definition) is 4. The zero-order chi connectivity index (χ0) is 17.4. The molecule has 0 spiro atoms. The van der Waals surface area contributed by atoms with Gasteiger partial charge in [-0.1, -0.05) is 36.4 Å². The molecule has 2 aromatic rings. The van der Waals surface area contributed by atoms with E-state index >= 15 is 0 Å². The first-order chi connectivity index (χ1) is 11.6. The van der Waals surface area contributed by atoms with Gasteiger partial charge in [0, 0.05) is 24.0 Å². The summed E-state index contributed by atoms with van der Waals surface area (Å²) in [5.41, 5.74) is 1.10. The number of aryl methyl sites for hydroxylation is 2. The maximum atomic E-state index is 12.4. The van der Waals surface area contributed by atoms with Gasteiger partial charge >= 0.3 is 0 Å².